The number of alkyl halides is 5. The SMILES string of the molecule is Cc1cc(C(F)(F)C(F)(F)F)n2nc(C(=O)Nc3ccccc3O)cc2n1. The summed E-state index contributed by atoms with van der Waals surface area (Å²) >= 11 is 0. The number of para-hydroxylation sites is 2. The van der Waals surface area contributed by atoms with Crippen molar-refractivity contribution in [3.05, 3.63) is 53.5 Å². The van der Waals surface area contributed by atoms with Crippen LogP contribution >= 0.6 is 0 Å². The van der Waals surface area contributed by atoms with Gasteiger partial charge >= 0.3 is 12.1 Å². The number of phenols is 1. The van der Waals surface area contributed by atoms with E-state index >= 15 is 0 Å². The molecule has 11 heteroatoms. The van der Waals surface area contributed by atoms with Crippen LogP contribution in [0.3, 0.4) is 0 Å². The second-order valence-corrected chi connectivity index (χ2v) is 5.63. The number of anilines is 1. The second kappa shape index (κ2) is 6.18. The predicted octanol–water partition coefficient (Wildman–Crippen LogP) is 3.65. The van der Waals surface area contributed by atoms with E-state index in [-0.39, 0.29) is 27.3 Å². The molecule has 0 aliphatic carbocycles. The maximum atomic E-state index is 13.8. The lowest BCUT2D eigenvalue weighted by Gasteiger charge is -2.20. The number of hydrogen-bond donors (Lipinski definition) is 2. The van der Waals surface area contributed by atoms with Gasteiger partial charge in [-0.2, -0.15) is 27.1 Å². The number of carbonyl (C=O) groups is 1. The summed E-state index contributed by atoms with van der Waals surface area (Å²) in [6.45, 7) is 1.24. The van der Waals surface area contributed by atoms with Crippen molar-refractivity contribution in [2.24, 2.45) is 0 Å². The largest absolute Gasteiger partial charge is 0.506 e. The highest BCUT2D eigenvalue weighted by atomic mass is 19.4. The van der Waals surface area contributed by atoms with Gasteiger partial charge < -0.3 is 10.4 Å². The van der Waals surface area contributed by atoms with Crippen LogP contribution in [0, 0.1) is 6.92 Å². The monoisotopic (exact) mass is 386 g/mol. The fourth-order valence-electron chi connectivity index (χ4n) is 2.35. The number of aromatic nitrogens is 3. The van der Waals surface area contributed by atoms with Crippen molar-refractivity contribution in [3.63, 3.8) is 0 Å². The highest BCUT2D eigenvalue weighted by Gasteiger charge is 2.60. The van der Waals surface area contributed by atoms with Crippen molar-refractivity contribution in [1.82, 2.24) is 14.6 Å². The molecular formula is C16H11F5N4O2. The third-order valence-corrected chi connectivity index (χ3v) is 3.62. The molecule has 27 heavy (non-hydrogen) atoms. The number of halogens is 5. The maximum absolute atomic E-state index is 13.8. The van der Waals surface area contributed by atoms with E-state index in [1.165, 1.54) is 31.2 Å². The number of nitrogens with zero attached hydrogens (tertiary/aromatic N) is 3. The highest BCUT2D eigenvalue weighted by Crippen LogP contribution is 2.43. The lowest BCUT2D eigenvalue weighted by Crippen LogP contribution is -2.36. The summed E-state index contributed by atoms with van der Waals surface area (Å²) in [6, 6.07) is 7.22. The molecule has 0 radical (unpaired) electrons. The zero-order valence-corrected chi connectivity index (χ0v) is 13.6. The first-order valence-corrected chi connectivity index (χ1v) is 7.42. The van der Waals surface area contributed by atoms with Crippen LogP contribution in [0.15, 0.2) is 36.4 Å². The molecule has 6 nitrogen and oxygen atoms in total. The van der Waals surface area contributed by atoms with Crippen LogP contribution in [0.4, 0.5) is 27.6 Å². The van der Waals surface area contributed by atoms with E-state index < -0.39 is 29.4 Å². The number of benzene rings is 1. The lowest BCUT2D eigenvalue weighted by atomic mass is 10.2. The van der Waals surface area contributed by atoms with Gasteiger partial charge in [0.1, 0.15) is 11.4 Å². The molecule has 2 N–H and O–H groups in total. The molecular weight excluding hydrogens is 375 g/mol. The van der Waals surface area contributed by atoms with Gasteiger partial charge in [0.05, 0.1) is 5.69 Å². The summed E-state index contributed by atoms with van der Waals surface area (Å²) in [5, 5.41) is 15.5. The minimum atomic E-state index is -5.85. The van der Waals surface area contributed by atoms with Gasteiger partial charge in [-0.1, -0.05) is 12.1 Å². The topological polar surface area (TPSA) is 79.5 Å². The third kappa shape index (κ3) is 3.27. The molecule has 142 valence electrons. The molecule has 0 aliphatic heterocycles. The van der Waals surface area contributed by atoms with E-state index in [1.54, 1.807) is 0 Å². The molecule has 3 aromatic rings. The first-order chi connectivity index (χ1) is 12.5. The van der Waals surface area contributed by atoms with Crippen molar-refractivity contribution >= 4 is 17.2 Å². The number of nitrogens with one attached hydrogen (secondary N) is 1. The molecule has 3 rings (SSSR count). The molecule has 0 aliphatic rings. The molecule has 0 saturated carbocycles. The summed E-state index contributed by atoms with van der Waals surface area (Å²) in [4.78, 5) is 16.1. The Morgan fingerprint density at radius 1 is 1.15 bits per heavy atom. The van der Waals surface area contributed by atoms with Gasteiger partial charge in [0.15, 0.2) is 11.3 Å². The fourth-order valence-corrected chi connectivity index (χ4v) is 2.35. The smallest absolute Gasteiger partial charge is 0.459 e. The molecule has 0 saturated heterocycles. The maximum Gasteiger partial charge on any atom is 0.459 e. The van der Waals surface area contributed by atoms with Gasteiger partial charge in [0, 0.05) is 11.8 Å². The molecule has 0 atom stereocenters. The molecule has 1 amide bonds. The summed E-state index contributed by atoms with van der Waals surface area (Å²) in [6.07, 6.45) is -5.85. The van der Waals surface area contributed by atoms with Crippen molar-refractivity contribution in [3.8, 4) is 5.75 Å². The Kier molecular flexibility index (Phi) is 4.25. The van der Waals surface area contributed by atoms with Gasteiger partial charge in [0.2, 0.25) is 0 Å². The minimum absolute atomic E-state index is 0.0181. The van der Waals surface area contributed by atoms with E-state index in [0.717, 1.165) is 6.07 Å². The number of amides is 1. The Labute approximate surface area is 148 Å². The molecule has 0 spiro atoms. The van der Waals surface area contributed by atoms with Gasteiger partial charge in [-0.05, 0) is 25.1 Å². The molecule has 2 aromatic heterocycles. The van der Waals surface area contributed by atoms with Gasteiger partial charge in [-0.15, -0.1) is 0 Å². The number of aromatic hydroxyl groups is 1. The number of phenolic OH excluding ortho intramolecular Hbond substituents is 1. The number of fused-ring (bicyclic) bond motifs is 1. The lowest BCUT2D eigenvalue weighted by molar-refractivity contribution is -0.291. The summed E-state index contributed by atoms with van der Waals surface area (Å²) < 4.78 is 66.2. The Balaban J connectivity index is 2.07. The van der Waals surface area contributed by atoms with E-state index in [0.29, 0.717) is 6.07 Å². The Morgan fingerprint density at radius 2 is 1.81 bits per heavy atom. The van der Waals surface area contributed by atoms with E-state index in [4.69, 9.17) is 0 Å². The normalized spacial score (nSPS) is 12.4. The minimum Gasteiger partial charge on any atom is -0.506 e. The number of aryl methyl sites for hydroxylation is 1. The Bertz CT molecular complexity index is 1030. The van der Waals surface area contributed by atoms with Crippen LogP contribution in [0.25, 0.3) is 5.65 Å². The van der Waals surface area contributed by atoms with E-state index in [9.17, 15) is 31.9 Å². The van der Waals surface area contributed by atoms with Crippen LogP contribution in [0.2, 0.25) is 0 Å². The fraction of sp³-hybridized carbons (Fsp3) is 0.188. The first kappa shape index (κ1) is 18.5. The van der Waals surface area contributed by atoms with E-state index in [2.05, 4.69) is 15.4 Å². The third-order valence-electron chi connectivity index (χ3n) is 3.62. The van der Waals surface area contributed by atoms with Crippen molar-refractivity contribution < 1.29 is 31.9 Å². The van der Waals surface area contributed by atoms with Crippen molar-refractivity contribution in [2.45, 2.75) is 19.0 Å². The van der Waals surface area contributed by atoms with Crippen LogP contribution in [0.5, 0.6) is 5.75 Å². The Hall–Kier alpha value is -3.24. The average Bonchev–Trinajstić information content (AvgIpc) is 2.98. The second-order valence-electron chi connectivity index (χ2n) is 5.63. The standard InChI is InChI=1S/C16H11F5N4O2/c1-8-6-12(15(17,18)16(19,20)21)25-13(22-8)7-10(24-25)14(27)23-9-4-2-3-5-11(9)26/h2-7,26H,1H3,(H,23,27). The molecule has 0 fully saturated rings. The van der Waals surface area contributed by atoms with Crippen LogP contribution in [0.1, 0.15) is 21.9 Å². The highest BCUT2D eigenvalue weighted by molar-refractivity contribution is 6.04. The zero-order valence-electron chi connectivity index (χ0n) is 13.6. The number of rotatable bonds is 3. The molecule has 1 aromatic carbocycles. The van der Waals surface area contributed by atoms with Crippen molar-refractivity contribution in [2.75, 3.05) is 5.32 Å². The average molecular weight is 386 g/mol. The van der Waals surface area contributed by atoms with Gasteiger partial charge in [0.25, 0.3) is 5.91 Å². The number of carbonyl (C=O) groups excluding carboxylic acids is 1. The number of hydrogen-bond acceptors (Lipinski definition) is 4. The predicted molar refractivity (Wildman–Crippen MR) is 83.7 cm³/mol. The molecule has 2 heterocycles. The first-order valence-electron chi connectivity index (χ1n) is 7.42. The Morgan fingerprint density at radius 3 is 2.44 bits per heavy atom. The van der Waals surface area contributed by atoms with Crippen LogP contribution < -0.4 is 5.32 Å². The quantitative estimate of drug-likeness (QED) is 0.532. The van der Waals surface area contributed by atoms with Crippen molar-refractivity contribution in [1.29, 1.82) is 0 Å². The zero-order chi connectivity index (χ0) is 20.0. The summed E-state index contributed by atoms with van der Waals surface area (Å²) in [5.41, 5.74) is -2.34. The van der Waals surface area contributed by atoms with Gasteiger partial charge in [-0.25, -0.2) is 9.50 Å². The van der Waals surface area contributed by atoms with Crippen LogP contribution in [-0.4, -0.2) is 31.8 Å². The van der Waals surface area contributed by atoms with Crippen LogP contribution in [-0.2, 0) is 5.92 Å². The van der Waals surface area contributed by atoms with E-state index in [1.807, 2.05) is 0 Å². The summed E-state index contributed by atoms with van der Waals surface area (Å²) in [5.74, 6) is -6.37. The molecule has 0 unspecified atom stereocenters. The summed E-state index contributed by atoms with van der Waals surface area (Å²) in [7, 11) is 0. The van der Waals surface area contributed by atoms with Gasteiger partial charge in [-0.3, -0.25) is 4.79 Å². The molecule has 0 bridgehead atoms.